The molecular weight excluding hydrogens is 447 g/mol. The van der Waals surface area contributed by atoms with Crippen molar-refractivity contribution < 1.29 is 23.1 Å². The Balaban J connectivity index is 1.28. The number of rotatable bonds is 5. The maximum absolute atomic E-state index is 13.8. The zero-order valence-corrected chi connectivity index (χ0v) is 19.1. The Morgan fingerprint density at radius 3 is 2.57 bits per heavy atom. The van der Waals surface area contributed by atoms with Crippen molar-refractivity contribution in [1.29, 1.82) is 0 Å². The lowest BCUT2D eigenvalue weighted by atomic mass is 10.1. The van der Waals surface area contributed by atoms with E-state index in [4.69, 9.17) is 9.15 Å². The van der Waals surface area contributed by atoms with Crippen molar-refractivity contribution in [3.8, 4) is 17.1 Å². The van der Waals surface area contributed by atoms with Crippen LogP contribution in [0.1, 0.15) is 32.0 Å². The van der Waals surface area contributed by atoms with E-state index in [1.165, 1.54) is 18.2 Å². The highest BCUT2D eigenvalue weighted by Gasteiger charge is 2.25. The molecule has 6 nitrogen and oxygen atoms in total. The Bertz CT molecular complexity index is 1390. The molecule has 0 saturated carbocycles. The second kappa shape index (κ2) is 9.46. The first-order valence-corrected chi connectivity index (χ1v) is 11.2. The molecule has 0 unspecified atom stereocenters. The van der Waals surface area contributed by atoms with Crippen molar-refractivity contribution in [3.63, 3.8) is 0 Å². The maximum atomic E-state index is 13.8. The number of hydrogen-bond donors (Lipinski definition) is 1. The Morgan fingerprint density at radius 1 is 1.00 bits per heavy atom. The Hall–Kier alpha value is -4.39. The van der Waals surface area contributed by atoms with Gasteiger partial charge in [-0.05, 0) is 60.7 Å². The van der Waals surface area contributed by atoms with Gasteiger partial charge in [0, 0.05) is 41.9 Å². The fourth-order valence-electron chi connectivity index (χ4n) is 4.15. The highest BCUT2D eigenvalue weighted by Crippen LogP contribution is 2.31. The molecule has 1 aliphatic heterocycles. The van der Waals surface area contributed by atoms with Crippen molar-refractivity contribution in [3.05, 3.63) is 107 Å². The van der Waals surface area contributed by atoms with Crippen LogP contribution >= 0.6 is 0 Å². The third-order valence-corrected chi connectivity index (χ3v) is 6.02. The number of benzene rings is 3. The molecule has 0 spiro atoms. The summed E-state index contributed by atoms with van der Waals surface area (Å²) in [5.41, 5.74) is 2.94. The number of halogens is 1. The summed E-state index contributed by atoms with van der Waals surface area (Å²) in [6, 6.07) is 22.1. The van der Waals surface area contributed by atoms with Gasteiger partial charge in [0.1, 0.15) is 23.1 Å². The molecule has 0 aliphatic carbocycles. The van der Waals surface area contributed by atoms with Crippen LogP contribution in [-0.2, 0) is 13.0 Å². The highest BCUT2D eigenvalue weighted by atomic mass is 19.1. The van der Waals surface area contributed by atoms with Crippen molar-refractivity contribution >= 4 is 17.5 Å². The lowest BCUT2D eigenvalue weighted by Crippen LogP contribution is -2.35. The summed E-state index contributed by atoms with van der Waals surface area (Å²) in [5, 5.41) is 2.71. The molecular formula is C28H23FN2O4. The maximum Gasteiger partial charge on any atom is 0.258 e. The summed E-state index contributed by atoms with van der Waals surface area (Å²) in [4.78, 5) is 27.1. The van der Waals surface area contributed by atoms with E-state index in [2.05, 4.69) is 5.32 Å². The standard InChI is InChI=1S/C28H23FN2O4/c1-34-22-6-4-5-19(15-22)28(33)31-14-13-25-20(17-31)16-26(35-25)18-9-11-21(12-10-18)30-27(32)23-7-2-3-8-24(23)29/h2-12,15-16H,13-14,17H2,1H3,(H,30,32). The number of nitrogens with one attached hydrogen (secondary N) is 1. The first-order chi connectivity index (χ1) is 17.0. The predicted molar refractivity (Wildman–Crippen MR) is 130 cm³/mol. The molecule has 4 aromatic rings. The predicted octanol–water partition coefficient (Wildman–Crippen LogP) is 5.55. The monoisotopic (exact) mass is 470 g/mol. The molecule has 3 aromatic carbocycles. The minimum absolute atomic E-state index is 0.0108. The molecule has 1 aliphatic rings. The van der Waals surface area contributed by atoms with Crippen LogP contribution in [0.25, 0.3) is 11.3 Å². The molecule has 0 radical (unpaired) electrons. The van der Waals surface area contributed by atoms with Crippen LogP contribution in [0.2, 0.25) is 0 Å². The Kier molecular flexibility index (Phi) is 6.06. The lowest BCUT2D eigenvalue weighted by Gasteiger charge is -2.26. The molecule has 176 valence electrons. The third-order valence-electron chi connectivity index (χ3n) is 6.02. The summed E-state index contributed by atoms with van der Waals surface area (Å²) >= 11 is 0. The number of carbonyl (C=O) groups is 2. The quantitative estimate of drug-likeness (QED) is 0.415. The molecule has 0 fully saturated rings. The van der Waals surface area contributed by atoms with E-state index in [-0.39, 0.29) is 11.5 Å². The number of ether oxygens (including phenoxy) is 1. The number of hydrogen-bond acceptors (Lipinski definition) is 4. The van der Waals surface area contributed by atoms with Crippen LogP contribution in [0, 0.1) is 5.82 Å². The normalized spacial score (nSPS) is 12.7. The van der Waals surface area contributed by atoms with E-state index < -0.39 is 11.7 Å². The molecule has 35 heavy (non-hydrogen) atoms. The lowest BCUT2D eigenvalue weighted by molar-refractivity contribution is 0.0729. The number of amides is 2. The summed E-state index contributed by atoms with van der Waals surface area (Å²) in [6.45, 7) is 1.03. The van der Waals surface area contributed by atoms with Gasteiger partial charge in [0.05, 0.1) is 12.7 Å². The number of nitrogens with zero attached hydrogens (tertiary/aromatic N) is 1. The van der Waals surface area contributed by atoms with Gasteiger partial charge in [-0.3, -0.25) is 9.59 Å². The van der Waals surface area contributed by atoms with Crippen LogP contribution in [0.15, 0.2) is 83.3 Å². The van der Waals surface area contributed by atoms with Gasteiger partial charge < -0.3 is 19.4 Å². The number of fused-ring (bicyclic) bond motifs is 1. The summed E-state index contributed by atoms with van der Waals surface area (Å²) in [7, 11) is 1.58. The zero-order valence-electron chi connectivity index (χ0n) is 19.1. The van der Waals surface area contributed by atoms with E-state index >= 15 is 0 Å². The first-order valence-electron chi connectivity index (χ1n) is 11.2. The molecule has 2 amide bonds. The molecule has 1 aromatic heterocycles. The minimum Gasteiger partial charge on any atom is -0.497 e. The summed E-state index contributed by atoms with van der Waals surface area (Å²) in [6.07, 6.45) is 0.627. The fraction of sp³-hybridized carbons (Fsp3) is 0.143. The van der Waals surface area contributed by atoms with Gasteiger partial charge in [0.2, 0.25) is 0 Å². The molecule has 5 rings (SSSR count). The molecule has 0 saturated heterocycles. The average Bonchev–Trinajstić information content (AvgIpc) is 3.32. The van der Waals surface area contributed by atoms with Crippen LogP contribution < -0.4 is 10.1 Å². The smallest absolute Gasteiger partial charge is 0.258 e. The van der Waals surface area contributed by atoms with Crippen LogP contribution in [-0.4, -0.2) is 30.4 Å². The van der Waals surface area contributed by atoms with Crippen molar-refractivity contribution in [2.75, 3.05) is 19.0 Å². The van der Waals surface area contributed by atoms with E-state index in [0.717, 1.165) is 16.9 Å². The average molecular weight is 471 g/mol. The van der Waals surface area contributed by atoms with Crippen molar-refractivity contribution in [2.24, 2.45) is 0 Å². The van der Waals surface area contributed by atoms with E-state index in [1.54, 1.807) is 48.4 Å². The fourth-order valence-corrected chi connectivity index (χ4v) is 4.15. The van der Waals surface area contributed by atoms with Gasteiger partial charge in [-0.25, -0.2) is 4.39 Å². The minimum atomic E-state index is -0.568. The number of methoxy groups -OCH3 is 1. The topological polar surface area (TPSA) is 71.8 Å². The van der Waals surface area contributed by atoms with Crippen molar-refractivity contribution in [2.45, 2.75) is 13.0 Å². The third kappa shape index (κ3) is 4.66. The SMILES string of the molecule is COc1cccc(C(=O)N2CCc3oc(-c4ccc(NC(=O)c5ccccc5F)cc4)cc3C2)c1. The Labute approximate surface area is 201 Å². The van der Waals surface area contributed by atoms with Crippen molar-refractivity contribution in [1.82, 2.24) is 4.90 Å². The highest BCUT2D eigenvalue weighted by molar-refractivity contribution is 6.04. The second-order valence-electron chi connectivity index (χ2n) is 8.28. The van der Waals surface area contributed by atoms with Gasteiger partial charge in [-0.15, -0.1) is 0 Å². The molecule has 7 heteroatoms. The Morgan fingerprint density at radius 2 is 1.80 bits per heavy atom. The summed E-state index contributed by atoms with van der Waals surface area (Å²) in [5.74, 6) is 1.08. The molecule has 1 N–H and O–H groups in total. The first kappa shape index (κ1) is 22.4. The van der Waals surface area contributed by atoms with E-state index in [1.807, 2.05) is 24.3 Å². The second-order valence-corrected chi connectivity index (χ2v) is 8.28. The van der Waals surface area contributed by atoms with Gasteiger partial charge in [0.25, 0.3) is 11.8 Å². The number of anilines is 1. The van der Waals surface area contributed by atoms with Crippen LogP contribution in [0.4, 0.5) is 10.1 Å². The molecule has 0 atom stereocenters. The van der Waals surface area contributed by atoms with Crippen LogP contribution in [0.3, 0.4) is 0 Å². The molecule has 2 heterocycles. The van der Waals surface area contributed by atoms with Gasteiger partial charge in [-0.1, -0.05) is 18.2 Å². The van der Waals surface area contributed by atoms with Gasteiger partial charge in [0.15, 0.2) is 0 Å². The molecule has 0 bridgehead atoms. The van der Waals surface area contributed by atoms with E-state index in [0.29, 0.717) is 42.3 Å². The van der Waals surface area contributed by atoms with Gasteiger partial charge in [-0.2, -0.15) is 0 Å². The zero-order chi connectivity index (χ0) is 24.4. The number of carbonyl (C=O) groups excluding carboxylic acids is 2. The van der Waals surface area contributed by atoms with Crippen LogP contribution in [0.5, 0.6) is 5.75 Å². The number of furan rings is 1. The van der Waals surface area contributed by atoms with E-state index in [9.17, 15) is 14.0 Å². The van der Waals surface area contributed by atoms with Gasteiger partial charge >= 0.3 is 0 Å². The summed E-state index contributed by atoms with van der Waals surface area (Å²) < 4.78 is 25.2. The largest absolute Gasteiger partial charge is 0.497 e.